The molecular weight excluding hydrogens is 636 g/mol. The molecule has 2 saturated heterocycles. The van der Waals surface area contributed by atoms with E-state index < -0.39 is 94.4 Å². The molecule has 83 valence electrons. The van der Waals surface area contributed by atoms with E-state index in [0.717, 1.165) is 0 Å². The third-order valence-corrected chi connectivity index (χ3v) is 37.8. The van der Waals surface area contributed by atoms with Crippen molar-refractivity contribution in [2.45, 2.75) is 0 Å². The van der Waals surface area contributed by atoms with Gasteiger partial charge in [0.25, 0.3) is 0 Å². The van der Waals surface area contributed by atoms with Crippen LogP contribution in [0.15, 0.2) is 0 Å². The molecule has 2 aliphatic heterocycles. The van der Waals surface area contributed by atoms with E-state index in [1.54, 1.807) is 0 Å². The quantitative estimate of drug-likeness (QED) is 0.263. The maximum absolute atomic E-state index is 5.76. The minimum atomic E-state index is -3.47. The van der Waals surface area contributed by atoms with Crippen molar-refractivity contribution in [1.29, 1.82) is 0 Å². The zero-order chi connectivity index (χ0) is 10.6. The first-order valence-corrected chi connectivity index (χ1v) is 19.8. The monoisotopic (exact) mass is 652 g/mol. The Hall–Kier alpha value is 3.48. The van der Waals surface area contributed by atoms with Gasteiger partial charge in [0.15, 0.2) is 0 Å². The summed E-state index contributed by atoms with van der Waals surface area (Å²) < 4.78 is 44.3. The standard InChI is InChI=1S/Ge7H7O8/c1-8-7-13-4-9-2-11-6(15-7)12-3-10-5-14-7/h2,5H2,1H3. The number of fused-ring (bicyclic) bond motifs is 2. The van der Waals surface area contributed by atoms with Crippen molar-refractivity contribution in [2.75, 3.05) is 0 Å². The Bertz CT molecular complexity index is 183. The SMILES string of the molecule is [GeH3][O][Ge]12[O][Ge][O][GeH2][O][Ge]([O][Ge][O][GeH2][O]1)[O]2. The van der Waals surface area contributed by atoms with Crippen molar-refractivity contribution in [3.8, 4) is 0 Å². The van der Waals surface area contributed by atoms with Crippen LogP contribution in [-0.2, 0) is 22.3 Å². The van der Waals surface area contributed by atoms with E-state index >= 15 is 0 Å². The Morgan fingerprint density at radius 2 is 2.13 bits per heavy atom. The van der Waals surface area contributed by atoms with Crippen LogP contribution in [0.25, 0.3) is 0 Å². The van der Waals surface area contributed by atoms with Gasteiger partial charge in [0.1, 0.15) is 0 Å². The van der Waals surface area contributed by atoms with Crippen molar-refractivity contribution in [2.24, 2.45) is 0 Å². The molecule has 0 N–H and O–H groups in total. The van der Waals surface area contributed by atoms with Crippen molar-refractivity contribution < 1.29 is 22.3 Å². The predicted molar refractivity (Wildman–Crippen MR) is 58.7 cm³/mol. The fourth-order valence-corrected chi connectivity index (χ4v) is 68.5. The molecule has 2 rings (SSSR count). The van der Waals surface area contributed by atoms with Crippen LogP contribution in [0.4, 0.5) is 0 Å². The summed E-state index contributed by atoms with van der Waals surface area (Å²) in [5.41, 5.74) is 0. The van der Waals surface area contributed by atoms with Crippen LogP contribution in [0.2, 0.25) is 0 Å². The van der Waals surface area contributed by atoms with Gasteiger partial charge in [0.05, 0.1) is 0 Å². The molecule has 0 aliphatic carbocycles. The van der Waals surface area contributed by atoms with Crippen molar-refractivity contribution in [1.82, 2.24) is 0 Å². The summed E-state index contributed by atoms with van der Waals surface area (Å²) in [5.74, 6) is 0. The van der Waals surface area contributed by atoms with Crippen molar-refractivity contribution in [3.63, 3.8) is 0 Å². The fourth-order valence-electron chi connectivity index (χ4n) is 0.775. The molecule has 0 saturated carbocycles. The summed E-state index contributed by atoms with van der Waals surface area (Å²) in [4.78, 5) is 0. The average Bonchev–Trinajstić information content (AvgIpc) is 2.16. The first-order chi connectivity index (χ1) is 7.35. The van der Waals surface area contributed by atoms with E-state index in [-0.39, 0.29) is 16.9 Å². The van der Waals surface area contributed by atoms with Gasteiger partial charge in [0.2, 0.25) is 0 Å². The van der Waals surface area contributed by atoms with Gasteiger partial charge in [-0.1, -0.05) is 0 Å². The van der Waals surface area contributed by atoms with Gasteiger partial charge in [-0.3, -0.25) is 0 Å². The summed E-state index contributed by atoms with van der Waals surface area (Å²) in [6, 6.07) is 0. The molecule has 8 nitrogen and oxygen atoms in total. The van der Waals surface area contributed by atoms with Gasteiger partial charge in [-0.2, -0.15) is 0 Å². The van der Waals surface area contributed by atoms with Crippen LogP contribution in [0, 0.1) is 0 Å². The molecule has 2 fully saturated rings. The molecule has 1 unspecified atom stereocenters. The molecule has 15 heteroatoms. The Kier molecular flexibility index (Phi) is 7.86. The molecule has 0 amide bonds. The van der Waals surface area contributed by atoms with Gasteiger partial charge in [-0.15, -0.1) is 0 Å². The molecule has 2 aliphatic rings. The number of rotatable bonds is 1. The van der Waals surface area contributed by atoms with Crippen molar-refractivity contribution in [3.05, 3.63) is 0 Å². The van der Waals surface area contributed by atoms with Crippen LogP contribution in [0.3, 0.4) is 0 Å². The van der Waals surface area contributed by atoms with Crippen LogP contribution < -0.4 is 0 Å². The van der Waals surface area contributed by atoms with Crippen LogP contribution in [-0.4, -0.2) is 111 Å². The summed E-state index contributed by atoms with van der Waals surface area (Å²) in [6.07, 6.45) is 0. The van der Waals surface area contributed by atoms with E-state index in [1.165, 1.54) is 0 Å². The van der Waals surface area contributed by atoms with Crippen molar-refractivity contribution >= 4 is 111 Å². The average molecular weight is 643 g/mol. The third-order valence-electron chi connectivity index (χ3n) is 1.40. The Balaban J connectivity index is 2.06. The molecule has 0 aromatic rings. The second-order valence-corrected chi connectivity index (χ2v) is 35.4. The number of hydrogen-bond acceptors (Lipinski definition) is 8. The third kappa shape index (κ3) is 4.82. The summed E-state index contributed by atoms with van der Waals surface area (Å²) >= 11 is -10.4. The maximum atomic E-state index is 5.76. The van der Waals surface area contributed by atoms with E-state index in [4.69, 9.17) is 22.3 Å². The fraction of sp³-hybridized carbons (Fsp3) is 0. The second kappa shape index (κ2) is 7.92. The van der Waals surface area contributed by atoms with Crippen LogP contribution >= 0.6 is 0 Å². The normalized spacial score (nSPS) is 38.4. The molecule has 2 bridgehead atoms. The minimum absolute atomic E-state index is 0.168. The number of hydrogen-bond donors (Lipinski definition) is 0. The molecule has 5 radical (unpaired) electrons. The summed E-state index contributed by atoms with van der Waals surface area (Å²) in [6.45, 7) is 0. The summed E-state index contributed by atoms with van der Waals surface area (Å²) in [5, 5.41) is 0. The summed E-state index contributed by atoms with van der Waals surface area (Å²) in [7, 11) is 0. The van der Waals surface area contributed by atoms with Crippen LogP contribution in [0.1, 0.15) is 0 Å². The first kappa shape index (κ1) is 14.9. The first-order valence-electron chi connectivity index (χ1n) is 3.81. The van der Waals surface area contributed by atoms with Gasteiger partial charge >= 0.3 is 134 Å². The van der Waals surface area contributed by atoms with Gasteiger partial charge in [-0.25, -0.2) is 0 Å². The van der Waals surface area contributed by atoms with E-state index in [2.05, 4.69) is 0 Å². The molecule has 0 aromatic heterocycles. The molecule has 0 aromatic carbocycles. The van der Waals surface area contributed by atoms with E-state index in [1.807, 2.05) is 0 Å². The Labute approximate surface area is 131 Å². The molecule has 15 heavy (non-hydrogen) atoms. The molecule has 2 heterocycles. The van der Waals surface area contributed by atoms with Gasteiger partial charge < -0.3 is 0 Å². The Morgan fingerprint density at radius 3 is 3.00 bits per heavy atom. The van der Waals surface area contributed by atoms with E-state index in [0.29, 0.717) is 0 Å². The second-order valence-electron chi connectivity index (χ2n) is 2.24. The molecule has 1 atom stereocenters. The molecular formula is H7Ge7O8. The van der Waals surface area contributed by atoms with Crippen LogP contribution in [0.5, 0.6) is 0 Å². The predicted octanol–water partition coefficient (Wildman–Crippen LogP) is -5.09. The molecule has 0 spiro atoms. The zero-order valence-electron chi connectivity index (χ0n) is 7.68. The van der Waals surface area contributed by atoms with Gasteiger partial charge in [-0.05, 0) is 0 Å². The van der Waals surface area contributed by atoms with E-state index in [9.17, 15) is 0 Å². The topological polar surface area (TPSA) is 73.8 Å². The van der Waals surface area contributed by atoms with Gasteiger partial charge in [0, 0.05) is 0 Å². The zero-order valence-corrected chi connectivity index (χ0v) is 26.2. The Morgan fingerprint density at radius 1 is 1.27 bits per heavy atom.